The van der Waals surface area contributed by atoms with Gasteiger partial charge >= 0.3 is 6.18 Å². The minimum Gasteiger partial charge on any atom is -0.392 e. The second-order valence-electron chi connectivity index (χ2n) is 3.87. The molecule has 0 saturated heterocycles. The lowest BCUT2D eigenvalue weighted by atomic mass is 10.2. The van der Waals surface area contributed by atoms with Crippen molar-refractivity contribution in [1.82, 2.24) is 0 Å². The van der Waals surface area contributed by atoms with Crippen molar-refractivity contribution >= 4 is 9.84 Å². The first-order chi connectivity index (χ1) is 8.16. The van der Waals surface area contributed by atoms with Crippen LogP contribution in [0.15, 0.2) is 29.2 Å². The van der Waals surface area contributed by atoms with E-state index in [4.69, 9.17) is 0 Å². The Morgan fingerprint density at radius 3 is 2.11 bits per heavy atom. The summed E-state index contributed by atoms with van der Waals surface area (Å²) in [5, 5.41) is 9.28. The van der Waals surface area contributed by atoms with E-state index in [0.29, 0.717) is 12.1 Å². The molecular weight excluding hydrogens is 269 g/mol. The molecule has 1 atom stereocenters. The Morgan fingerprint density at radius 1 is 1.22 bits per heavy atom. The van der Waals surface area contributed by atoms with Crippen LogP contribution in [-0.2, 0) is 16.0 Å². The summed E-state index contributed by atoms with van der Waals surface area (Å²) in [6.45, 7) is 1.62. The summed E-state index contributed by atoms with van der Waals surface area (Å²) in [5.41, 5.74) is -0.905. The van der Waals surface area contributed by atoms with E-state index >= 15 is 0 Å². The van der Waals surface area contributed by atoms with Crippen molar-refractivity contribution in [3.63, 3.8) is 0 Å². The van der Waals surface area contributed by atoms with E-state index < -0.39 is 33.4 Å². The van der Waals surface area contributed by atoms with Crippen LogP contribution in [0.2, 0.25) is 0 Å². The molecule has 0 bridgehead atoms. The van der Waals surface area contributed by atoms with Crippen LogP contribution in [0.1, 0.15) is 18.9 Å². The smallest absolute Gasteiger partial charge is 0.392 e. The van der Waals surface area contributed by atoms with Gasteiger partial charge in [0.25, 0.3) is 0 Å². The summed E-state index contributed by atoms with van der Waals surface area (Å²) >= 11 is 0. The highest BCUT2D eigenvalue weighted by atomic mass is 32.2. The molecule has 1 rings (SSSR count). The third-order valence-corrected chi connectivity index (χ3v) is 4.24. The Kier molecular flexibility index (Phi) is 4.39. The number of aliphatic hydroxyl groups excluding tert-OH is 1. The molecule has 0 spiro atoms. The summed E-state index contributed by atoms with van der Waals surface area (Å²) in [4.78, 5) is -0.219. The van der Waals surface area contributed by atoms with Crippen LogP contribution in [0.5, 0.6) is 0 Å². The fourth-order valence-electron chi connectivity index (χ4n) is 1.32. The van der Waals surface area contributed by atoms with Gasteiger partial charge in [-0.2, -0.15) is 13.2 Å². The van der Waals surface area contributed by atoms with Gasteiger partial charge in [0.2, 0.25) is 0 Å². The van der Waals surface area contributed by atoms with Gasteiger partial charge in [0.05, 0.1) is 22.3 Å². The Hall–Kier alpha value is -1.08. The number of benzene rings is 1. The molecule has 102 valence electrons. The second kappa shape index (κ2) is 5.27. The molecule has 0 aromatic heterocycles. The summed E-state index contributed by atoms with van der Waals surface area (Å²) in [7, 11) is -3.75. The predicted molar refractivity (Wildman–Crippen MR) is 59.8 cm³/mol. The number of rotatable bonds is 4. The van der Waals surface area contributed by atoms with Crippen LogP contribution in [0, 0.1) is 0 Å². The van der Waals surface area contributed by atoms with E-state index in [1.807, 2.05) is 0 Å². The molecular formula is C11H13F3O3S. The fraction of sp³-hybridized carbons (Fsp3) is 0.455. The molecule has 0 fully saturated rings. The SMILES string of the molecule is CCC(O)CS(=O)(=O)c1ccc(C(F)(F)F)cc1. The number of halogens is 3. The van der Waals surface area contributed by atoms with Crippen molar-refractivity contribution in [3.05, 3.63) is 29.8 Å². The standard InChI is InChI=1S/C11H13F3O3S/c1-2-9(15)7-18(16,17)10-5-3-8(4-6-10)11(12,13)14/h3-6,9,15H,2,7H2,1H3. The molecule has 1 aromatic rings. The summed E-state index contributed by atoms with van der Waals surface area (Å²) in [6, 6.07) is 3.23. The van der Waals surface area contributed by atoms with Crippen LogP contribution >= 0.6 is 0 Å². The van der Waals surface area contributed by atoms with Gasteiger partial charge in [0.1, 0.15) is 0 Å². The van der Waals surface area contributed by atoms with E-state index in [0.717, 1.165) is 12.1 Å². The van der Waals surface area contributed by atoms with Crippen LogP contribution in [0.25, 0.3) is 0 Å². The number of hydrogen-bond acceptors (Lipinski definition) is 3. The van der Waals surface area contributed by atoms with Crippen molar-refractivity contribution in [1.29, 1.82) is 0 Å². The minimum absolute atomic E-state index is 0.219. The number of alkyl halides is 3. The molecule has 0 aliphatic carbocycles. The molecule has 18 heavy (non-hydrogen) atoms. The quantitative estimate of drug-likeness (QED) is 0.921. The third-order valence-electron chi connectivity index (χ3n) is 2.42. The number of aliphatic hydroxyl groups is 1. The lowest BCUT2D eigenvalue weighted by Gasteiger charge is -2.10. The van der Waals surface area contributed by atoms with Gasteiger partial charge < -0.3 is 5.11 Å². The Labute approximate surface area is 103 Å². The minimum atomic E-state index is -4.49. The zero-order chi connectivity index (χ0) is 14.0. The van der Waals surface area contributed by atoms with Crippen molar-refractivity contribution < 1.29 is 26.7 Å². The molecule has 1 aromatic carbocycles. The van der Waals surface area contributed by atoms with Gasteiger partial charge in [-0.1, -0.05) is 6.92 Å². The maximum Gasteiger partial charge on any atom is 0.416 e. The van der Waals surface area contributed by atoms with E-state index in [9.17, 15) is 26.7 Å². The molecule has 0 saturated carbocycles. The van der Waals surface area contributed by atoms with Crippen molar-refractivity contribution in [3.8, 4) is 0 Å². The zero-order valence-electron chi connectivity index (χ0n) is 9.61. The Bertz CT molecular complexity index is 491. The van der Waals surface area contributed by atoms with E-state index in [-0.39, 0.29) is 11.3 Å². The number of sulfone groups is 1. The van der Waals surface area contributed by atoms with E-state index in [2.05, 4.69) is 0 Å². The molecule has 0 heterocycles. The third kappa shape index (κ3) is 3.71. The van der Waals surface area contributed by atoms with Crippen LogP contribution in [-0.4, -0.2) is 25.4 Å². The first kappa shape index (κ1) is 15.0. The molecule has 0 radical (unpaired) electrons. The summed E-state index contributed by atoms with van der Waals surface area (Å²) in [5.74, 6) is -0.491. The first-order valence-corrected chi connectivity index (χ1v) is 6.90. The predicted octanol–water partition coefficient (Wildman–Crippen LogP) is 2.25. The van der Waals surface area contributed by atoms with Crippen LogP contribution in [0.4, 0.5) is 13.2 Å². The normalized spacial score (nSPS) is 14.5. The molecule has 7 heteroatoms. The van der Waals surface area contributed by atoms with Crippen molar-refractivity contribution in [2.45, 2.75) is 30.5 Å². The monoisotopic (exact) mass is 282 g/mol. The highest BCUT2D eigenvalue weighted by Crippen LogP contribution is 2.29. The maximum absolute atomic E-state index is 12.3. The van der Waals surface area contributed by atoms with Gasteiger partial charge in [-0.05, 0) is 30.7 Å². The van der Waals surface area contributed by atoms with Gasteiger partial charge in [0.15, 0.2) is 9.84 Å². The van der Waals surface area contributed by atoms with Gasteiger partial charge in [0, 0.05) is 0 Å². The zero-order valence-corrected chi connectivity index (χ0v) is 10.4. The average molecular weight is 282 g/mol. The second-order valence-corrected chi connectivity index (χ2v) is 5.90. The van der Waals surface area contributed by atoms with Gasteiger partial charge in [-0.3, -0.25) is 0 Å². The maximum atomic E-state index is 12.3. The topological polar surface area (TPSA) is 54.4 Å². The van der Waals surface area contributed by atoms with Crippen LogP contribution < -0.4 is 0 Å². The lowest BCUT2D eigenvalue weighted by molar-refractivity contribution is -0.137. The molecule has 1 N–H and O–H groups in total. The van der Waals surface area contributed by atoms with E-state index in [1.54, 1.807) is 6.92 Å². The highest BCUT2D eigenvalue weighted by molar-refractivity contribution is 7.91. The molecule has 0 aliphatic heterocycles. The van der Waals surface area contributed by atoms with Crippen molar-refractivity contribution in [2.75, 3.05) is 5.75 Å². The Balaban J connectivity index is 2.98. The van der Waals surface area contributed by atoms with Gasteiger partial charge in [-0.15, -0.1) is 0 Å². The highest BCUT2D eigenvalue weighted by Gasteiger charge is 2.30. The summed E-state index contributed by atoms with van der Waals surface area (Å²) < 4.78 is 60.3. The van der Waals surface area contributed by atoms with Gasteiger partial charge in [-0.25, -0.2) is 8.42 Å². The first-order valence-electron chi connectivity index (χ1n) is 5.25. The lowest BCUT2D eigenvalue weighted by Crippen LogP contribution is -2.20. The Morgan fingerprint density at radius 2 is 1.72 bits per heavy atom. The van der Waals surface area contributed by atoms with Crippen molar-refractivity contribution in [2.24, 2.45) is 0 Å². The molecule has 1 unspecified atom stereocenters. The average Bonchev–Trinajstić information content (AvgIpc) is 2.27. The van der Waals surface area contributed by atoms with Crippen LogP contribution in [0.3, 0.4) is 0 Å². The fourth-order valence-corrected chi connectivity index (χ4v) is 2.80. The number of hydrogen-bond donors (Lipinski definition) is 1. The molecule has 3 nitrogen and oxygen atoms in total. The molecule has 0 amide bonds. The largest absolute Gasteiger partial charge is 0.416 e. The van der Waals surface area contributed by atoms with E-state index in [1.165, 1.54) is 0 Å². The molecule has 0 aliphatic rings. The summed E-state index contributed by atoms with van der Waals surface area (Å²) in [6.07, 6.45) is -5.25.